The minimum atomic E-state index is -1.02. The van der Waals surface area contributed by atoms with Gasteiger partial charge < -0.3 is 10.2 Å². The van der Waals surface area contributed by atoms with Crippen LogP contribution in [-0.4, -0.2) is 21.8 Å². The predicted octanol–water partition coefficient (Wildman–Crippen LogP) is 1.26. The van der Waals surface area contributed by atoms with E-state index in [4.69, 9.17) is 5.11 Å². The molecule has 0 aliphatic heterocycles. The van der Waals surface area contributed by atoms with Crippen molar-refractivity contribution >= 4 is 5.97 Å². The van der Waals surface area contributed by atoms with Crippen LogP contribution in [0.25, 0.3) is 0 Å². The first kappa shape index (κ1) is 9.52. The van der Waals surface area contributed by atoms with Gasteiger partial charge in [0.2, 0.25) is 0 Å². The summed E-state index contributed by atoms with van der Waals surface area (Å²) in [6.07, 6.45) is 3.04. The lowest BCUT2D eigenvalue weighted by molar-refractivity contribution is -0.156. The Labute approximate surface area is 72.4 Å². The van der Waals surface area contributed by atoms with E-state index in [1.807, 2.05) is 0 Å². The Morgan fingerprint density at radius 3 is 2.33 bits per heavy atom. The van der Waals surface area contributed by atoms with Crippen LogP contribution in [0.2, 0.25) is 0 Å². The Balaban J connectivity index is 2.62. The highest BCUT2D eigenvalue weighted by Gasteiger charge is 2.43. The van der Waals surface area contributed by atoms with E-state index < -0.39 is 17.5 Å². The summed E-state index contributed by atoms with van der Waals surface area (Å²) in [4.78, 5) is 10.6. The summed E-state index contributed by atoms with van der Waals surface area (Å²) >= 11 is 0. The number of carboxylic acids is 1. The van der Waals surface area contributed by atoms with Gasteiger partial charge in [0.25, 0.3) is 0 Å². The van der Waals surface area contributed by atoms with Crippen molar-refractivity contribution in [1.82, 2.24) is 0 Å². The molecule has 0 aromatic carbocycles. The third-order valence-electron chi connectivity index (χ3n) is 3.18. The fourth-order valence-corrected chi connectivity index (χ4v) is 1.60. The van der Waals surface area contributed by atoms with E-state index in [2.05, 4.69) is 0 Å². The van der Waals surface area contributed by atoms with Crippen molar-refractivity contribution < 1.29 is 15.0 Å². The minimum absolute atomic E-state index is 0.184. The van der Waals surface area contributed by atoms with Gasteiger partial charge in [-0.1, -0.05) is 6.42 Å². The molecule has 1 aliphatic rings. The van der Waals surface area contributed by atoms with Crippen LogP contribution in [0.1, 0.15) is 33.1 Å². The van der Waals surface area contributed by atoms with Gasteiger partial charge in [0, 0.05) is 0 Å². The number of hydrogen-bond acceptors (Lipinski definition) is 2. The first-order valence-corrected chi connectivity index (χ1v) is 4.41. The van der Waals surface area contributed by atoms with E-state index in [1.165, 1.54) is 0 Å². The summed E-state index contributed by atoms with van der Waals surface area (Å²) in [6, 6.07) is 0. The number of aliphatic carboxylic acids is 1. The third kappa shape index (κ3) is 1.46. The highest BCUT2D eigenvalue weighted by molar-refractivity contribution is 5.71. The molecule has 1 fully saturated rings. The molecule has 0 saturated heterocycles. The average Bonchev–Trinajstić information content (AvgIpc) is 1.80. The van der Waals surface area contributed by atoms with E-state index in [1.54, 1.807) is 13.8 Å². The summed E-state index contributed by atoms with van der Waals surface area (Å²) in [5.41, 5.74) is -1.02. The molecule has 0 amide bonds. The zero-order chi connectivity index (χ0) is 9.35. The number of carbonyl (C=O) groups is 1. The molecule has 0 bridgehead atoms. The van der Waals surface area contributed by atoms with E-state index in [0.29, 0.717) is 0 Å². The van der Waals surface area contributed by atoms with Crippen LogP contribution in [-0.2, 0) is 4.79 Å². The Hall–Kier alpha value is -0.570. The smallest absolute Gasteiger partial charge is 0.309 e. The molecule has 2 unspecified atom stereocenters. The standard InChI is InChI=1S/C9H16O3/c1-6(8(10)11)9(2,12)7-4-3-5-7/h6-7,12H,3-5H2,1-2H3,(H,10,11). The van der Waals surface area contributed by atoms with Gasteiger partial charge in [-0.2, -0.15) is 0 Å². The van der Waals surface area contributed by atoms with Crippen LogP contribution < -0.4 is 0 Å². The molecule has 3 nitrogen and oxygen atoms in total. The average molecular weight is 172 g/mol. The zero-order valence-electron chi connectivity index (χ0n) is 7.58. The van der Waals surface area contributed by atoms with Gasteiger partial charge in [-0.05, 0) is 32.6 Å². The van der Waals surface area contributed by atoms with E-state index in [0.717, 1.165) is 19.3 Å². The van der Waals surface area contributed by atoms with Gasteiger partial charge in [0.1, 0.15) is 0 Å². The van der Waals surface area contributed by atoms with Crippen molar-refractivity contribution in [2.45, 2.75) is 38.7 Å². The summed E-state index contributed by atoms with van der Waals surface area (Å²) in [5.74, 6) is -1.39. The first-order valence-electron chi connectivity index (χ1n) is 4.41. The summed E-state index contributed by atoms with van der Waals surface area (Å²) in [6.45, 7) is 3.20. The molecule has 0 aromatic heterocycles. The SMILES string of the molecule is CC(C(=O)O)C(C)(O)C1CCC1. The van der Waals surface area contributed by atoms with E-state index >= 15 is 0 Å². The molecular weight excluding hydrogens is 156 g/mol. The maximum absolute atomic E-state index is 10.6. The predicted molar refractivity (Wildman–Crippen MR) is 44.8 cm³/mol. The zero-order valence-corrected chi connectivity index (χ0v) is 7.58. The molecule has 0 aromatic rings. The Kier molecular flexibility index (Phi) is 2.42. The monoisotopic (exact) mass is 172 g/mol. The van der Waals surface area contributed by atoms with Crippen LogP contribution in [0, 0.1) is 11.8 Å². The minimum Gasteiger partial charge on any atom is -0.481 e. The highest BCUT2D eigenvalue weighted by Crippen LogP contribution is 2.40. The molecule has 1 saturated carbocycles. The van der Waals surface area contributed by atoms with Gasteiger partial charge in [0.15, 0.2) is 0 Å². The van der Waals surface area contributed by atoms with Gasteiger partial charge in [-0.25, -0.2) is 0 Å². The highest BCUT2D eigenvalue weighted by atomic mass is 16.4. The Morgan fingerprint density at radius 1 is 1.58 bits per heavy atom. The van der Waals surface area contributed by atoms with Crippen LogP contribution in [0.15, 0.2) is 0 Å². The molecule has 0 heterocycles. The summed E-state index contributed by atoms with van der Waals surface area (Å²) < 4.78 is 0. The molecule has 1 rings (SSSR count). The fourth-order valence-electron chi connectivity index (χ4n) is 1.60. The van der Waals surface area contributed by atoms with Crippen molar-refractivity contribution in [2.75, 3.05) is 0 Å². The van der Waals surface area contributed by atoms with Gasteiger partial charge in [0.05, 0.1) is 11.5 Å². The van der Waals surface area contributed by atoms with Gasteiger partial charge >= 0.3 is 5.97 Å². The van der Waals surface area contributed by atoms with E-state index in [9.17, 15) is 9.90 Å². The molecule has 3 heteroatoms. The first-order chi connectivity index (χ1) is 5.46. The van der Waals surface area contributed by atoms with Crippen LogP contribution >= 0.6 is 0 Å². The van der Waals surface area contributed by atoms with Gasteiger partial charge in [-0.3, -0.25) is 4.79 Å². The second-order valence-electron chi connectivity index (χ2n) is 3.91. The van der Waals surface area contributed by atoms with Crippen LogP contribution in [0.3, 0.4) is 0 Å². The van der Waals surface area contributed by atoms with Crippen LogP contribution in [0.4, 0.5) is 0 Å². The number of hydrogen-bond donors (Lipinski definition) is 2. The Morgan fingerprint density at radius 2 is 2.08 bits per heavy atom. The van der Waals surface area contributed by atoms with Crippen molar-refractivity contribution in [3.8, 4) is 0 Å². The largest absolute Gasteiger partial charge is 0.481 e. The van der Waals surface area contributed by atoms with Crippen molar-refractivity contribution in [3.63, 3.8) is 0 Å². The van der Waals surface area contributed by atoms with Crippen molar-refractivity contribution in [1.29, 1.82) is 0 Å². The van der Waals surface area contributed by atoms with Crippen LogP contribution in [0.5, 0.6) is 0 Å². The lowest BCUT2D eigenvalue weighted by Crippen LogP contribution is -2.47. The van der Waals surface area contributed by atoms with Gasteiger partial charge in [-0.15, -0.1) is 0 Å². The molecule has 0 radical (unpaired) electrons. The molecular formula is C9H16O3. The van der Waals surface area contributed by atoms with E-state index in [-0.39, 0.29) is 5.92 Å². The molecule has 12 heavy (non-hydrogen) atoms. The number of carboxylic acid groups (broad SMARTS) is 1. The number of rotatable bonds is 3. The molecule has 0 spiro atoms. The quantitative estimate of drug-likeness (QED) is 0.673. The molecule has 70 valence electrons. The van der Waals surface area contributed by atoms with Crippen molar-refractivity contribution in [3.05, 3.63) is 0 Å². The fraction of sp³-hybridized carbons (Fsp3) is 0.889. The maximum atomic E-state index is 10.6. The maximum Gasteiger partial charge on any atom is 0.309 e. The van der Waals surface area contributed by atoms with Crippen molar-refractivity contribution in [2.24, 2.45) is 11.8 Å². The second-order valence-corrected chi connectivity index (χ2v) is 3.91. The lowest BCUT2D eigenvalue weighted by Gasteiger charge is -2.41. The molecule has 1 aliphatic carbocycles. The summed E-state index contributed by atoms with van der Waals surface area (Å²) in [7, 11) is 0. The lowest BCUT2D eigenvalue weighted by atomic mass is 9.68. The Bertz CT molecular complexity index is 182. The molecule has 2 N–H and O–H groups in total. The second kappa shape index (κ2) is 3.05. The summed E-state index contributed by atoms with van der Waals surface area (Å²) in [5, 5.41) is 18.6. The normalized spacial score (nSPS) is 25.6. The molecule has 2 atom stereocenters. The third-order valence-corrected chi connectivity index (χ3v) is 3.18. The topological polar surface area (TPSA) is 57.5 Å². The number of aliphatic hydroxyl groups is 1.